The first-order valence-corrected chi connectivity index (χ1v) is 13.0. The summed E-state index contributed by atoms with van der Waals surface area (Å²) < 4.78 is 49.8. The molecule has 9 nitrogen and oxygen atoms in total. The predicted octanol–water partition coefficient (Wildman–Crippen LogP) is 3.13. The summed E-state index contributed by atoms with van der Waals surface area (Å²) in [5, 5.41) is 11.8. The Hall–Kier alpha value is -3.34. The van der Waals surface area contributed by atoms with E-state index < -0.39 is 34.6 Å². The Bertz CT molecular complexity index is 1220. The molecule has 3 N–H and O–H groups in total. The molecule has 2 aliphatic rings. The minimum absolute atomic E-state index is 0.0393. The van der Waals surface area contributed by atoms with Crippen molar-refractivity contribution in [3.8, 4) is 5.75 Å². The van der Waals surface area contributed by atoms with Gasteiger partial charge in [0, 0.05) is 6.04 Å². The fourth-order valence-corrected chi connectivity index (χ4v) is 5.98. The van der Waals surface area contributed by atoms with Crippen LogP contribution >= 0.6 is 0 Å². The highest BCUT2D eigenvalue weighted by Crippen LogP contribution is 2.42. The number of benzene rings is 2. The van der Waals surface area contributed by atoms with Crippen molar-refractivity contribution in [3.63, 3.8) is 0 Å². The molecule has 0 bridgehead atoms. The zero-order chi connectivity index (χ0) is 25.2. The fourth-order valence-electron chi connectivity index (χ4n) is 4.82. The lowest BCUT2D eigenvalue weighted by Crippen LogP contribution is -2.42. The molecule has 2 amide bonds. The van der Waals surface area contributed by atoms with Crippen molar-refractivity contribution >= 4 is 27.9 Å². The molecule has 2 aromatic carbocycles. The van der Waals surface area contributed by atoms with Gasteiger partial charge in [0.1, 0.15) is 24.6 Å². The molecular weight excluding hydrogens is 477 g/mol. The van der Waals surface area contributed by atoms with Crippen molar-refractivity contribution in [2.75, 3.05) is 10.8 Å². The molecule has 1 aliphatic heterocycles. The van der Waals surface area contributed by atoms with Crippen LogP contribution in [0.25, 0.3) is 0 Å². The van der Waals surface area contributed by atoms with E-state index in [1.807, 2.05) is 42.0 Å². The Balaban J connectivity index is 1.73. The van der Waals surface area contributed by atoms with E-state index in [2.05, 4.69) is 5.32 Å². The van der Waals surface area contributed by atoms with Gasteiger partial charge in [-0.1, -0.05) is 43.7 Å². The zero-order valence-corrected chi connectivity index (χ0v) is 20.1. The van der Waals surface area contributed by atoms with E-state index in [0.29, 0.717) is 34.7 Å². The summed E-state index contributed by atoms with van der Waals surface area (Å²) in [7, 11) is -4.27. The molecule has 11 heteroatoms. The van der Waals surface area contributed by atoms with Gasteiger partial charge in [0.15, 0.2) is 5.82 Å². The fraction of sp³-hybridized carbons (Fsp3) is 0.417. The van der Waals surface area contributed by atoms with E-state index in [4.69, 9.17) is 4.74 Å². The van der Waals surface area contributed by atoms with Gasteiger partial charge in [-0.3, -0.25) is 4.79 Å². The molecule has 188 valence electrons. The number of ether oxygens (including phenoxy) is 1. The Kier molecular flexibility index (Phi) is 7.15. The standard InChI is InChI=1S/C24H28FN3O6S/c1-2-6-19(26-24(30)31)17-10-9-16-12-20(34-14-15-7-4-3-5-8-15)23(22(25)18(16)11-17)28-13-21(29)27-35(28,32)33/h3-5,7-8,12,17,19,26H,2,6,9-11,13-14H2,1H3,(H,27,29)(H,30,31)/t17-,19?/m1/s1. The normalized spacial score (nSPS) is 19.5. The van der Waals surface area contributed by atoms with Gasteiger partial charge in [-0.15, -0.1) is 0 Å². The van der Waals surface area contributed by atoms with E-state index in [1.165, 1.54) is 0 Å². The highest BCUT2D eigenvalue weighted by Gasteiger charge is 2.40. The number of hydrogen-bond donors (Lipinski definition) is 3. The number of nitrogens with one attached hydrogen (secondary N) is 2. The van der Waals surface area contributed by atoms with E-state index in [0.717, 1.165) is 12.0 Å². The first-order valence-electron chi connectivity index (χ1n) is 11.5. The first-order chi connectivity index (χ1) is 16.7. The van der Waals surface area contributed by atoms with Crippen molar-refractivity contribution in [3.05, 3.63) is 58.9 Å². The number of hydrogen-bond acceptors (Lipinski definition) is 5. The number of rotatable bonds is 8. The molecule has 1 fully saturated rings. The monoisotopic (exact) mass is 505 g/mol. The second-order valence-electron chi connectivity index (χ2n) is 8.83. The van der Waals surface area contributed by atoms with E-state index in [9.17, 15) is 23.1 Å². The van der Waals surface area contributed by atoms with Gasteiger partial charge >= 0.3 is 16.3 Å². The smallest absolute Gasteiger partial charge is 0.404 e. The number of anilines is 1. The van der Waals surface area contributed by atoms with Crippen LogP contribution in [0.1, 0.15) is 42.9 Å². The van der Waals surface area contributed by atoms with E-state index >= 15 is 4.39 Å². The summed E-state index contributed by atoms with van der Waals surface area (Å²) in [6, 6.07) is 10.5. The minimum Gasteiger partial charge on any atom is -0.487 e. The van der Waals surface area contributed by atoms with Gasteiger partial charge in [0.05, 0.1) is 0 Å². The van der Waals surface area contributed by atoms with Crippen LogP contribution in [0.2, 0.25) is 0 Å². The molecule has 1 unspecified atom stereocenters. The van der Waals surface area contributed by atoms with Crippen LogP contribution in [0.3, 0.4) is 0 Å². The molecular formula is C24H28FN3O6S. The molecule has 35 heavy (non-hydrogen) atoms. The summed E-state index contributed by atoms with van der Waals surface area (Å²) >= 11 is 0. The molecule has 0 aromatic heterocycles. The average Bonchev–Trinajstić information content (AvgIpc) is 3.09. The number of nitrogens with zero attached hydrogens (tertiary/aromatic N) is 1. The number of fused-ring (bicyclic) bond motifs is 1. The maximum Gasteiger partial charge on any atom is 0.404 e. The van der Waals surface area contributed by atoms with Crippen molar-refractivity contribution in [1.29, 1.82) is 0 Å². The van der Waals surface area contributed by atoms with Crippen LogP contribution in [-0.2, 0) is 34.5 Å². The molecule has 1 heterocycles. The minimum atomic E-state index is -4.27. The summed E-state index contributed by atoms with van der Waals surface area (Å²) in [6.07, 6.45) is 1.62. The molecule has 0 saturated carbocycles. The lowest BCUT2D eigenvalue weighted by Gasteiger charge is -2.33. The molecule has 1 saturated heterocycles. The number of halogens is 1. The van der Waals surface area contributed by atoms with Gasteiger partial charge in [0.2, 0.25) is 0 Å². The second kappa shape index (κ2) is 10.1. The quantitative estimate of drug-likeness (QED) is 0.506. The van der Waals surface area contributed by atoms with Gasteiger partial charge < -0.3 is 15.2 Å². The Morgan fingerprint density at radius 2 is 2.09 bits per heavy atom. The number of aryl methyl sites for hydroxylation is 1. The lowest BCUT2D eigenvalue weighted by atomic mass is 9.78. The van der Waals surface area contributed by atoms with Gasteiger partial charge in [-0.2, -0.15) is 8.42 Å². The Morgan fingerprint density at radius 3 is 2.71 bits per heavy atom. The third kappa shape index (κ3) is 5.34. The van der Waals surface area contributed by atoms with Crippen LogP contribution in [0.5, 0.6) is 5.75 Å². The SMILES string of the molecule is CCCC(NC(=O)O)[C@@H]1CCc2cc(OCc3ccccc3)c(N3CC(=O)NS3(=O)=O)c(F)c2C1. The van der Waals surface area contributed by atoms with Crippen molar-refractivity contribution in [2.45, 2.75) is 51.7 Å². The maximum absolute atomic E-state index is 16.1. The van der Waals surface area contributed by atoms with Crippen molar-refractivity contribution in [1.82, 2.24) is 10.0 Å². The van der Waals surface area contributed by atoms with Crippen LogP contribution in [0.4, 0.5) is 14.9 Å². The third-order valence-electron chi connectivity index (χ3n) is 6.43. The lowest BCUT2D eigenvalue weighted by molar-refractivity contribution is -0.117. The van der Waals surface area contributed by atoms with Crippen molar-refractivity contribution in [2.24, 2.45) is 5.92 Å². The topological polar surface area (TPSA) is 125 Å². The zero-order valence-electron chi connectivity index (χ0n) is 19.3. The van der Waals surface area contributed by atoms with Crippen molar-refractivity contribution < 1.29 is 32.2 Å². The summed E-state index contributed by atoms with van der Waals surface area (Å²) in [5.74, 6) is -1.63. The van der Waals surface area contributed by atoms with Gasteiger partial charge in [-0.05, 0) is 54.4 Å². The number of carbonyl (C=O) groups excluding carboxylic acids is 1. The summed E-state index contributed by atoms with van der Waals surface area (Å²) in [4.78, 5) is 23.2. The molecule has 1 aliphatic carbocycles. The Morgan fingerprint density at radius 1 is 1.34 bits per heavy atom. The molecule has 2 aromatic rings. The summed E-state index contributed by atoms with van der Waals surface area (Å²) in [6.45, 7) is 1.48. The molecule has 2 atom stereocenters. The van der Waals surface area contributed by atoms with Crippen LogP contribution in [0.15, 0.2) is 36.4 Å². The van der Waals surface area contributed by atoms with Gasteiger partial charge in [0.25, 0.3) is 5.91 Å². The number of carbonyl (C=O) groups is 2. The maximum atomic E-state index is 16.1. The highest BCUT2D eigenvalue weighted by atomic mass is 32.2. The first kappa shape index (κ1) is 24.8. The Labute approximate surface area is 203 Å². The average molecular weight is 506 g/mol. The molecule has 0 spiro atoms. The van der Waals surface area contributed by atoms with E-state index in [1.54, 1.807) is 6.07 Å². The third-order valence-corrected chi connectivity index (χ3v) is 7.81. The predicted molar refractivity (Wildman–Crippen MR) is 127 cm³/mol. The van der Waals surface area contributed by atoms with Crippen LogP contribution in [-0.4, -0.2) is 38.1 Å². The molecule has 0 radical (unpaired) electrons. The van der Waals surface area contributed by atoms with E-state index in [-0.39, 0.29) is 36.4 Å². The molecule has 4 rings (SSSR count). The second-order valence-corrected chi connectivity index (χ2v) is 10.4. The number of carboxylic acid groups (broad SMARTS) is 1. The van der Waals surface area contributed by atoms with Gasteiger partial charge in [-0.25, -0.2) is 18.2 Å². The highest BCUT2D eigenvalue weighted by molar-refractivity contribution is 7.92. The number of amides is 2. The summed E-state index contributed by atoms with van der Waals surface area (Å²) in [5.41, 5.74) is 1.52. The largest absolute Gasteiger partial charge is 0.487 e. The van der Waals surface area contributed by atoms with Crippen LogP contribution in [0, 0.1) is 11.7 Å². The van der Waals surface area contributed by atoms with Crippen LogP contribution < -0.4 is 19.1 Å².